The molecule has 15 heteroatoms. The quantitative estimate of drug-likeness (QED) is 0.140. The van der Waals surface area contributed by atoms with E-state index >= 15 is 0 Å². The topological polar surface area (TPSA) is 238 Å². The molecule has 3 heterocycles. The molecule has 8 N–H and O–H groups in total. The number of allylic oxidation sites excluding steroid dienone is 2. The van der Waals surface area contributed by atoms with Crippen LogP contribution < -0.4 is 19.6 Å². The summed E-state index contributed by atoms with van der Waals surface area (Å²) in [6.07, 6.45) is -13.7. The number of fused-ring (bicyclic) bond motifs is 1. The molecule has 0 bridgehead atoms. The average Bonchev–Trinajstić information content (AvgIpc) is 3.06. The number of methoxy groups -OCH3 is 1. The highest BCUT2D eigenvalue weighted by atomic mass is 16.7. The Hall–Kier alpha value is -3.77. The van der Waals surface area contributed by atoms with E-state index in [1.807, 2.05) is 13.8 Å². The monoisotopic (exact) mass is 676 g/mol. The van der Waals surface area contributed by atoms with Crippen LogP contribution in [-0.2, 0) is 15.9 Å². The number of benzene rings is 2. The summed E-state index contributed by atoms with van der Waals surface area (Å²) >= 11 is 0. The van der Waals surface area contributed by atoms with Crippen molar-refractivity contribution in [3.8, 4) is 34.3 Å². The number of rotatable bonds is 9. The van der Waals surface area contributed by atoms with Crippen LogP contribution in [0.3, 0.4) is 0 Å². The second kappa shape index (κ2) is 14.4. The van der Waals surface area contributed by atoms with Crippen LogP contribution in [0.1, 0.15) is 26.3 Å². The second-order valence-corrected chi connectivity index (χ2v) is 12.0. The first-order valence-electron chi connectivity index (χ1n) is 15.2. The Morgan fingerprint density at radius 1 is 0.875 bits per heavy atom. The molecule has 15 nitrogen and oxygen atoms in total. The van der Waals surface area contributed by atoms with Crippen LogP contribution in [0.15, 0.2) is 51.2 Å². The fraction of sp³-hybridized carbons (Fsp3) is 0.485. The van der Waals surface area contributed by atoms with Crippen molar-refractivity contribution in [1.82, 2.24) is 0 Å². The molecule has 2 aliphatic heterocycles. The molecule has 48 heavy (non-hydrogen) atoms. The van der Waals surface area contributed by atoms with E-state index in [1.165, 1.54) is 14.0 Å². The van der Waals surface area contributed by atoms with Crippen LogP contribution in [0.5, 0.6) is 23.0 Å². The number of phenols is 1. The van der Waals surface area contributed by atoms with Crippen LogP contribution in [0, 0.1) is 0 Å². The van der Waals surface area contributed by atoms with Crippen molar-refractivity contribution in [2.45, 2.75) is 88.6 Å². The van der Waals surface area contributed by atoms with E-state index < -0.39 is 84.9 Å². The maximum atomic E-state index is 14.3. The predicted octanol–water partition coefficient (Wildman–Crippen LogP) is 0.0679. The Kier molecular flexibility index (Phi) is 10.6. The molecular formula is C33H40O15. The fourth-order valence-electron chi connectivity index (χ4n) is 5.52. The summed E-state index contributed by atoms with van der Waals surface area (Å²) in [6.45, 7) is 4.40. The maximum absolute atomic E-state index is 14.3. The van der Waals surface area contributed by atoms with Gasteiger partial charge in [-0.25, -0.2) is 0 Å². The molecule has 2 aliphatic rings. The van der Waals surface area contributed by atoms with Crippen LogP contribution in [0.4, 0.5) is 0 Å². The largest absolute Gasteiger partial charge is 0.507 e. The summed E-state index contributed by atoms with van der Waals surface area (Å²) in [5.41, 5.74) is 0.341. The summed E-state index contributed by atoms with van der Waals surface area (Å²) in [7, 11) is 1.47. The lowest BCUT2D eigenvalue weighted by atomic mass is 9.99. The van der Waals surface area contributed by atoms with Crippen LogP contribution in [0.25, 0.3) is 22.3 Å². The molecule has 3 aromatic rings. The first-order chi connectivity index (χ1) is 22.8. The van der Waals surface area contributed by atoms with Gasteiger partial charge in [-0.3, -0.25) is 4.79 Å². The zero-order valence-corrected chi connectivity index (χ0v) is 26.6. The summed E-state index contributed by atoms with van der Waals surface area (Å²) < 4.78 is 34.5. The van der Waals surface area contributed by atoms with Crippen molar-refractivity contribution in [2.24, 2.45) is 0 Å². The molecule has 0 amide bonds. The van der Waals surface area contributed by atoms with E-state index in [0.29, 0.717) is 11.3 Å². The molecule has 1 aromatic heterocycles. The van der Waals surface area contributed by atoms with Gasteiger partial charge in [0.25, 0.3) is 0 Å². The zero-order valence-electron chi connectivity index (χ0n) is 26.6. The van der Waals surface area contributed by atoms with Gasteiger partial charge in [0.15, 0.2) is 5.76 Å². The van der Waals surface area contributed by atoms with Crippen molar-refractivity contribution >= 4 is 11.0 Å². The normalized spacial score (nSPS) is 30.6. The minimum absolute atomic E-state index is 0.0725. The van der Waals surface area contributed by atoms with Gasteiger partial charge in [-0.05, 0) is 51.5 Å². The molecule has 2 aromatic carbocycles. The molecule has 0 saturated carbocycles. The molecule has 0 aliphatic carbocycles. The zero-order chi connectivity index (χ0) is 35.0. The van der Waals surface area contributed by atoms with E-state index in [4.69, 9.17) is 28.1 Å². The highest BCUT2D eigenvalue weighted by molar-refractivity contribution is 5.91. The van der Waals surface area contributed by atoms with Gasteiger partial charge in [0.1, 0.15) is 70.9 Å². The first kappa shape index (κ1) is 35.5. The van der Waals surface area contributed by atoms with Crippen molar-refractivity contribution < 1.29 is 69.0 Å². The number of ether oxygens (including phenoxy) is 5. The highest BCUT2D eigenvalue weighted by Crippen LogP contribution is 2.41. The number of hydrogen-bond donors (Lipinski definition) is 8. The summed E-state index contributed by atoms with van der Waals surface area (Å²) in [4.78, 5) is 14.3. The lowest BCUT2D eigenvalue weighted by Gasteiger charge is -2.39. The smallest absolute Gasteiger partial charge is 0.239 e. The SMILES string of the molecule is COc1ccc(-c2oc3c(CC=C(C)C)c(O[C@H]4O[C@@H](CO)[C@@H](O)[C@@H](O)[C@H]4O)cc(O)c3c(=O)c2O[C@@H]2O[C@@H](C)[C@H](O)[C@H](O)[C@@H]2O)cc1. The third-order valence-electron chi connectivity index (χ3n) is 8.37. The van der Waals surface area contributed by atoms with E-state index in [-0.39, 0.29) is 34.5 Å². The van der Waals surface area contributed by atoms with Gasteiger partial charge >= 0.3 is 0 Å². The van der Waals surface area contributed by atoms with Crippen molar-refractivity contribution in [3.63, 3.8) is 0 Å². The molecule has 2 saturated heterocycles. The highest BCUT2D eigenvalue weighted by Gasteiger charge is 2.46. The van der Waals surface area contributed by atoms with Crippen LogP contribution in [0.2, 0.25) is 0 Å². The summed E-state index contributed by atoms with van der Waals surface area (Å²) in [5.74, 6) is -0.922. The van der Waals surface area contributed by atoms with Gasteiger partial charge < -0.3 is 69.0 Å². The van der Waals surface area contributed by atoms with Crippen LogP contribution in [-0.4, -0.2) is 116 Å². The minimum Gasteiger partial charge on any atom is -0.507 e. The molecule has 0 spiro atoms. The number of hydrogen-bond acceptors (Lipinski definition) is 15. The van der Waals surface area contributed by atoms with E-state index in [0.717, 1.165) is 11.6 Å². The Balaban J connectivity index is 1.71. The molecule has 5 rings (SSSR count). The standard InChI is InChI=1S/C33H40O15/c1-13(2)5-10-17-19(45-33-28(42)26(40)23(37)20(12-34)46-33)11-18(35)21-24(38)31(48-32-27(41)25(39)22(36)14(3)44-32)29(47-30(17)21)15-6-8-16(43-4)9-7-15/h5-9,11,14,20,22-23,25-28,32-37,39-42H,10,12H2,1-4H3/t14-,20-,22-,23+,25-,26+,27-,28+,32-,33-/m0/s1. The van der Waals surface area contributed by atoms with E-state index in [2.05, 4.69) is 0 Å². The molecule has 2 fully saturated rings. The van der Waals surface area contributed by atoms with Crippen LogP contribution >= 0.6 is 0 Å². The second-order valence-electron chi connectivity index (χ2n) is 12.0. The third-order valence-corrected chi connectivity index (χ3v) is 8.37. The minimum atomic E-state index is -1.77. The molecule has 262 valence electrons. The van der Waals surface area contributed by atoms with Crippen molar-refractivity contribution in [1.29, 1.82) is 0 Å². The van der Waals surface area contributed by atoms with E-state index in [1.54, 1.807) is 30.3 Å². The lowest BCUT2D eigenvalue weighted by molar-refractivity contribution is -0.277. The van der Waals surface area contributed by atoms with E-state index in [9.17, 15) is 45.6 Å². The van der Waals surface area contributed by atoms with Gasteiger partial charge in [-0.15, -0.1) is 0 Å². The van der Waals surface area contributed by atoms with Gasteiger partial charge in [-0.1, -0.05) is 11.6 Å². The molecule has 0 unspecified atom stereocenters. The predicted molar refractivity (Wildman–Crippen MR) is 167 cm³/mol. The number of aliphatic hydroxyl groups is 7. The average molecular weight is 677 g/mol. The maximum Gasteiger partial charge on any atom is 0.239 e. The Labute approximate surface area is 274 Å². The molecule has 10 atom stereocenters. The number of aliphatic hydroxyl groups excluding tert-OH is 7. The third kappa shape index (κ3) is 6.74. The van der Waals surface area contributed by atoms with Crippen molar-refractivity contribution in [2.75, 3.05) is 13.7 Å². The Morgan fingerprint density at radius 3 is 2.10 bits per heavy atom. The lowest BCUT2D eigenvalue weighted by Crippen LogP contribution is -2.60. The Morgan fingerprint density at radius 2 is 1.50 bits per heavy atom. The van der Waals surface area contributed by atoms with Crippen molar-refractivity contribution in [3.05, 3.63) is 57.8 Å². The Bertz CT molecular complexity index is 1680. The molecular weight excluding hydrogens is 636 g/mol. The van der Waals surface area contributed by atoms with Gasteiger partial charge in [0.2, 0.25) is 23.8 Å². The summed E-state index contributed by atoms with van der Waals surface area (Å²) in [5, 5.41) is 82.9. The van der Waals surface area contributed by atoms with Gasteiger partial charge in [-0.2, -0.15) is 0 Å². The van der Waals surface area contributed by atoms with Gasteiger partial charge in [0.05, 0.1) is 19.8 Å². The number of phenolic OH excluding ortho intramolecular Hbond substituents is 1. The molecule has 0 radical (unpaired) electrons. The first-order valence-corrected chi connectivity index (χ1v) is 15.2. The summed E-state index contributed by atoms with van der Waals surface area (Å²) in [6, 6.07) is 7.41. The fourth-order valence-corrected chi connectivity index (χ4v) is 5.52. The number of aromatic hydroxyl groups is 1. The van der Waals surface area contributed by atoms with Gasteiger partial charge in [0, 0.05) is 17.2 Å².